The third kappa shape index (κ3) is 108. The van der Waals surface area contributed by atoms with E-state index in [0.717, 1.165) is 0 Å². The molecule has 0 N–H and O–H groups in total. The predicted octanol–water partition coefficient (Wildman–Crippen LogP) is 5.09. The fourth-order valence-corrected chi connectivity index (χ4v) is 0.606. The molecule has 0 aromatic carbocycles. The Hall–Kier alpha value is -0.685. The molecule has 0 saturated heterocycles. The summed E-state index contributed by atoms with van der Waals surface area (Å²) in [6.07, 6.45) is 4.57. The van der Waals surface area contributed by atoms with Crippen molar-refractivity contribution in [2.75, 3.05) is 7.11 Å². The van der Waals surface area contributed by atoms with Crippen LogP contribution >= 0.6 is 0 Å². The van der Waals surface area contributed by atoms with Gasteiger partial charge in [-0.05, 0) is 19.3 Å². The van der Waals surface area contributed by atoms with E-state index < -0.39 is 21.8 Å². The average molecular weight is 347 g/mol. The summed E-state index contributed by atoms with van der Waals surface area (Å²) in [4.78, 5) is 0. The van der Waals surface area contributed by atoms with Gasteiger partial charge in [0.1, 0.15) is 0 Å². The van der Waals surface area contributed by atoms with Gasteiger partial charge in [-0.15, -0.1) is 0 Å². The Morgan fingerprint density at radius 2 is 0.810 bits per heavy atom. The van der Waals surface area contributed by atoms with E-state index in [1.165, 1.54) is 19.3 Å². The van der Waals surface area contributed by atoms with Gasteiger partial charge in [-0.25, -0.2) is 0 Å². The zero-order valence-electron chi connectivity index (χ0n) is 10.4. The molecule has 0 aromatic rings. The SMILES string of the molecule is COC1CCC1.F[B-](F)(F)F.F[B-](F)(F)F.F[B-](F)(F)F. The number of rotatable bonds is 1. The maximum atomic E-state index is 9.75. The number of halogens is 12. The minimum atomic E-state index is -6.00. The molecule has 0 spiro atoms. The van der Waals surface area contributed by atoms with E-state index >= 15 is 0 Å². The summed E-state index contributed by atoms with van der Waals surface area (Å²) < 4.78 is 122. The van der Waals surface area contributed by atoms with Crippen LogP contribution in [0, 0.1) is 0 Å². The van der Waals surface area contributed by atoms with Gasteiger partial charge in [-0.3, -0.25) is 0 Å². The topological polar surface area (TPSA) is 9.23 Å². The Balaban J connectivity index is -0.000000207. The molecule has 0 radical (unpaired) electrons. The van der Waals surface area contributed by atoms with Crippen LogP contribution in [0.5, 0.6) is 0 Å². The highest BCUT2D eigenvalue weighted by atomic mass is 19.5. The van der Waals surface area contributed by atoms with Crippen LogP contribution < -0.4 is 0 Å². The van der Waals surface area contributed by atoms with Gasteiger partial charge in [0.05, 0.1) is 6.10 Å². The minimum Gasteiger partial charge on any atom is -0.418 e. The van der Waals surface area contributed by atoms with Crippen molar-refractivity contribution in [3.05, 3.63) is 0 Å². The maximum absolute atomic E-state index is 9.75. The van der Waals surface area contributed by atoms with Crippen molar-refractivity contribution in [3.63, 3.8) is 0 Å². The number of hydrogen-bond acceptors (Lipinski definition) is 1. The van der Waals surface area contributed by atoms with Crippen LogP contribution in [0.15, 0.2) is 0 Å². The third-order valence-corrected chi connectivity index (χ3v) is 1.39. The van der Waals surface area contributed by atoms with Crippen molar-refractivity contribution >= 4 is 21.8 Å². The second kappa shape index (κ2) is 11.0. The Bertz CT molecular complexity index is 183. The zero-order chi connectivity index (χ0) is 17.9. The first kappa shape index (κ1) is 25.3. The molecule has 0 heterocycles. The zero-order valence-corrected chi connectivity index (χ0v) is 10.4. The van der Waals surface area contributed by atoms with E-state index in [9.17, 15) is 51.8 Å². The summed E-state index contributed by atoms with van der Waals surface area (Å²) >= 11 is 0. The van der Waals surface area contributed by atoms with Crippen LogP contribution in [0.2, 0.25) is 0 Å². The molecule has 1 aliphatic rings. The summed E-state index contributed by atoms with van der Waals surface area (Å²) in [6, 6.07) is 0. The molecule has 1 fully saturated rings. The highest BCUT2D eigenvalue weighted by Gasteiger charge is 2.21. The van der Waals surface area contributed by atoms with E-state index in [4.69, 9.17) is 4.74 Å². The van der Waals surface area contributed by atoms with Gasteiger partial charge in [0, 0.05) is 7.11 Å². The third-order valence-electron chi connectivity index (χ3n) is 1.39. The first-order valence-corrected chi connectivity index (χ1v) is 5.08. The number of hydrogen-bond donors (Lipinski definition) is 0. The lowest BCUT2D eigenvalue weighted by Crippen LogP contribution is -2.18. The summed E-state index contributed by atoms with van der Waals surface area (Å²) in [7, 11) is -16.2. The molecule has 132 valence electrons. The first-order valence-electron chi connectivity index (χ1n) is 5.08. The van der Waals surface area contributed by atoms with Crippen molar-refractivity contribution in [2.24, 2.45) is 0 Å². The van der Waals surface area contributed by atoms with Crippen LogP contribution in [0.1, 0.15) is 19.3 Å². The summed E-state index contributed by atoms with van der Waals surface area (Å²) in [5.41, 5.74) is 0. The van der Waals surface area contributed by atoms with E-state index in [1.54, 1.807) is 7.11 Å². The van der Waals surface area contributed by atoms with E-state index in [0.29, 0.717) is 6.10 Å². The second-order valence-corrected chi connectivity index (χ2v) is 3.27. The van der Waals surface area contributed by atoms with Gasteiger partial charge < -0.3 is 56.5 Å². The van der Waals surface area contributed by atoms with E-state index in [-0.39, 0.29) is 0 Å². The monoisotopic (exact) mass is 347 g/mol. The molecule has 1 saturated carbocycles. The van der Waals surface area contributed by atoms with Crippen LogP contribution in [-0.2, 0) is 4.74 Å². The van der Waals surface area contributed by atoms with E-state index in [2.05, 4.69) is 0 Å². The lowest BCUT2D eigenvalue weighted by Gasteiger charge is -2.22. The molecule has 0 atom stereocenters. The molecule has 0 unspecified atom stereocenters. The van der Waals surface area contributed by atoms with Crippen molar-refractivity contribution < 1.29 is 56.5 Å². The van der Waals surface area contributed by atoms with Gasteiger partial charge in [0.25, 0.3) is 0 Å². The summed E-state index contributed by atoms with van der Waals surface area (Å²) in [5, 5.41) is 0. The normalized spacial score (nSPS) is 15.3. The smallest absolute Gasteiger partial charge is 0.418 e. The lowest BCUT2D eigenvalue weighted by atomic mass is 9.96. The second-order valence-electron chi connectivity index (χ2n) is 3.27. The molecule has 1 nitrogen and oxygen atoms in total. The van der Waals surface area contributed by atoms with Gasteiger partial charge in [-0.1, -0.05) is 0 Å². The molecular weight excluding hydrogens is 336 g/mol. The van der Waals surface area contributed by atoms with Crippen molar-refractivity contribution in [2.45, 2.75) is 25.4 Å². The molecule has 21 heavy (non-hydrogen) atoms. The molecule has 0 aliphatic heterocycles. The lowest BCUT2D eigenvalue weighted by molar-refractivity contribution is 0.0412. The van der Waals surface area contributed by atoms with Crippen LogP contribution in [0.4, 0.5) is 51.8 Å². The van der Waals surface area contributed by atoms with Crippen molar-refractivity contribution in [1.29, 1.82) is 0 Å². The van der Waals surface area contributed by atoms with Gasteiger partial charge >= 0.3 is 21.8 Å². The number of methoxy groups -OCH3 is 1. The Labute approximate surface area is 112 Å². The summed E-state index contributed by atoms with van der Waals surface area (Å²) in [6.45, 7) is 0. The summed E-state index contributed by atoms with van der Waals surface area (Å²) in [5.74, 6) is 0. The van der Waals surface area contributed by atoms with Gasteiger partial charge in [0.15, 0.2) is 0 Å². The molecule has 0 aromatic heterocycles. The Kier molecular flexibility index (Phi) is 13.2. The van der Waals surface area contributed by atoms with E-state index in [1.807, 2.05) is 0 Å². The Morgan fingerprint density at radius 1 is 0.619 bits per heavy atom. The quantitative estimate of drug-likeness (QED) is 0.475. The minimum absolute atomic E-state index is 0.616. The highest BCUT2D eigenvalue weighted by molar-refractivity contribution is 6.50. The largest absolute Gasteiger partial charge is 0.673 e. The van der Waals surface area contributed by atoms with Crippen molar-refractivity contribution in [1.82, 2.24) is 0 Å². The number of ether oxygens (including phenoxy) is 1. The van der Waals surface area contributed by atoms with Gasteiger partial charge in [0.2, 0.25) is 0 Å². The highest BCUT2D eigenvalue weighted by Crippen LogP contribution is 2.20. The average Bonchev–Trinajstić information content (AvgIpc) is 1.89. The van der Waals surface area contributed by atoms with Crippen molar-refractivity contribution in [3.8, 4) is 0 Å². The first-order chi connectivity index (χ1) is 8.93. The fraction of sp³-hybridized carbons (Fsp3) is 1.00. The molecule has 1 rings (SSSR count). The predicted molar refractivity (Wildman–Crippen MR) is 55.2 cm³/mol. The molecule has 1 aliphatic carbocycles. The molecular formula is C5H10B3F12O-3. The van der Waals surface area contributed by atoms with Crippen LogP contribution in [0.3, 0.4) is 0 Å². The maximum Gasteiger partial charge on any atom is 0.673 e. The standard InChI is InChI=1S/C5H10O.3BF4/c1-6-5-3-2-4-5;3*2-1(3,4)5/h5H,2-4H2,1H3;;;/q;3*-1. The Morgan fingerprint density at radius 3 is 0.810 bits per heavy atom. The van der Waals surface area contributed by atoms with Crippen LogP contribution in [0.25, 0.3) is 0 Å². The van der Waals surface area contributed by atoms with Gasteiger partial charge in [-0.2, -0.15) is 0 Å². The molecule has 0 amide bonds. The molecule has 0 bridgehead atoms. The molecule has 16 heteroatoms. The fourth-order valence-electron chi connectivity index (χ4n) is 0.606. The van der Waals surface area contributed by atoms with Crippen LogP contribution in [-0.4, -0.2) is 35.0 Å².